The lowest BCUT2D eigenvalue weighted by molar-refractivity contribution is 0.205. The molecular weight excluding hydrogens is 230 g/mol. The quantitative estimate of drug-likeness (QED) is 0.511. The third-order valence-electron chi connectivity index (χ3n) is 2.48. The Morgan fingerprint density at radius 2 is 1.76 bits per heavy atom. The summed E-state index contributed by atoms with van der Waals surface area (Å²) in [5, 5.41) is 0. The largest absolute Gasteiger partial charge is 0.396 e. The number of hydrogen-bond donors (Lipinski definition) is 1. The fraction of sp³-hybridized carbons (Fsp3) is 0.846. The van der Waals surface area contributed by atoms with E-state index in [4.69, 9.17) is 14.6 Å². The molecule has 102 valence electrons. The molecular formula is C13H29NO2Si. The highest BCUT2D eigenvalue weighted by Gasteiger charge is 2.20. The molecule has 0 aliphatic rings. The van der Waals surface area contributed by atoms with Crippen LogP contribution in [0.15, 0.2) is 11.6 Å². The van der Waals surface area contributed by atoms with E-state index in [0.29, 0.717) is 19.1 Å². The Morgan fingerprint density at radius 1 is 1.24 bits per heavy atom. The molecule has 0 fully saturated rings. The van der Waals surface area contributed by atoms with Gasteiger partial charge < -0.3 is 14.6 Å². The maximum atomic E-state index is 6.14. The lowest BCUT2D eigenvalue weighted by atomic mass is 10.0. The van der Waals surface area contributed by atoms with Gasteiger partial charge in [-0.3, -0.25) is 0 Å². The van der Waals surface area contributed by atoms with Gasteiger partial charge in [0.1, 0.15) is 0 Å². The summed E-state index contributed by atoms with van der Waals surface area (Å²) >= 11 is 0. The first-order valence-corrected chi connectivity index (χ1v) is 8.26. The van der Waals surface area contributed by atoms with Crippen LogP contribution >= 0.6 is 0 Å². The Morgan fingerprint density at radius 3 is 2.18 bits per heavy atom. The molecule has 1 unspecified atom stereocenters. The summed E-state index contributed by atoms with van der Waals surface area (Å²) in [6.45, 7) is 12.0. The molecule has 0 aromatic rings. The molecule has 4 heteroatoms. The van der Waals surface area contributed by atoms with Crippen molar-refractivity contribution in [2.75, 3.05) is 13.2 Å². The molecule has 0 spiro atoms. The van der Waals surface area contributed by atoms with Crippen LogP contribution in [0.5, 0.6) is 0 Å². The molecule has 0 amide bonds. The zero-order valence-corrected chi connectivity index (χ0v) is 13.2. The topological polar surface area (TPSA) is 44.5 Å². The third kappa shape index (κ3) is 8.55. The van der Waals surface area contributed by atoms with Crippen molar-refractivity contribution in [2.24, 2.45) is 11.7 Å². The van der Waals surface area contributed by atoms with Crippen molar-refractivity contribution in [1.29, 1.82) is 0 Å². The van der Waals surface area contributed by atoms with Gasteiger partial charge in [0.25, 0.3) is 0 Å². The van der Waals surface area contributed by atoms with Crippen LogP contribution < -0.4 is 5.73 Å². The number of hydrogen-bond acceptors (Lipinski definition) is 3. The van der Waals surface area contributed by atoms with Crippen molar-refractivity contribution in [2.45, 2.75) is 53.1 Å². The molecule has 0 heterocycles. The van der Waals surface area contributed by atoms with E-state index in [9.17, 15) is 0 Å². The molecule has 0 radical (unpaired) electrons. The Hall–Kier alpha value is -0.163. The first-order valence-electron chi connectivity index (χ1n) is 6.65. The number of allylic oxidation sites excluding steroid dienone is 1. The van der Waals surface area contributed by atoms with E-state index in [1.54, 1.807) is 0 Å². The van der Waals surface area contributed by atoms with E-state index < -0.39 is 9.28 Å². The van der Waals surface area contributed by atoms with E-state index in [0.717, 1.165) is 12.8 Å². The van der Waals surface area contributed by atoms with Gasteiger partial charge in [-0.2, -0.15) is 0 Å². The second kappa shape index (κ2) is 9.83. The molecule has 1 atom stereocenters. The Kier molecular flexibility index (Phi) is 9.73. The van der Waals surface area contributed by atoms with Crippen LogP contribution in [0.1, 0.15) is 47.5 Å². The van der Waals surface area contributed by atoms with Crippen LogP contribution in [0.3, 0.4) is 0 Å². The predicted octanol–water partition coefficient (Wildman–Crippen LogP) is 2.53. The van der Waals surface area contributed by atoms with Crippen molar-refractivity contribution in [1.82, 2.24) is 0 Å². The first-order chi connectivity index (χ1) is 8.01. The van der Waals surface area contributed by atoms with Crippen LogP contribution in [-0.2, 0) is 8.85 Å². The highest BCUT2D eigenvalue weighted by molar-refractivity contribution is 6.46. The Balaban J connectivity index is 4.15. The van der Waals surface area contributed by atoms with Crippen molar-refractivity contribution in [3.05, 3.63) is 11.6 Å². The maximum absolute atomic E-state index is 6.14. The minimum atomic E-state index is -1.69. The fourth-order valence-electron chi connectivity index (χ4n) is 1.80. The number of rotatable bonds is 9. The zero-order valence-electron chi connectivity index (χ0n) is 12.0. The van der Waals surface area contributed by atoms with Gasteiger partial charge in [-0.05, 0) is 39.5 Å². The zero-order chi connectivity index (χ0) is 13.3. The van der Waals surface area contributed by atoms with Crippen LogP contribution in [0.4, 0.5) is 0 Å². The molecule has 17 heavy (non-hydrogen) atoms. The van der Waals surface area contributed by atoms with Crippen LogP contribution in [-0.4, -0.2) is 28.2 Å². The molecule has 0 aliphatic carbocycles. The Labute approximate surface area is 108 Å². The van der Waals surface area contributed by atoms with Crippen molar-refractivity contribution < 1.29 is 8.85 Å². The summed E-state index contributed by atoms with van der Waals surface area (Å²) in [7, 11) is -1.69. The summed E-state index contributed by atoms with van der Waals surface area (Å²) in [6.07, 6.45) is 4.25. The molecule has 0 bridgehead atoms. The maximum Gasteiger partial charge on any atom is 0.339 e. The standard InChI is InChI=1S/C13H29NO2Si/c1-6-15-17(16-7-2)13(14)9-8-12(5)10-11(3)4/h8,11,13,17H,6-7,9-10,14H2,1-5H3. The number of nitrogens with two attached hydrogens (primary N) is 1. The van der Waals surface area contributed by atoms with Gasteiger partial charge in [0, 0.05) is 18.9 Å². The van der Waals surface area contributed by atoms with Crippen LogP contribution in [0, 0.1) is 5.92 Å². The Bertz CT molecular complexity index is 213. The van der Waals surface area contributed by atoms with Crippen molar-refractivity contribution in [3.63, 3.8) is 0 Å². The van der Waals surface area contributed by atoms with Gasteiger partial charge in [-0.15, -0.1) is 0 Å². The molecule has 0 saturated carbocycles. The molecule has 0 aliphatic heterocycles. The summed E-state index contributed by atoms with van der Waals surface area (Å²) < 4.78 is 11.2. The minimum Gasteiger partial charge on any atom is -0.396 e. The van der Waals surface area contributed by atoms with Crippen molar-refractivity contribution in [3.8, 4) is 0 Å². The van der Waals surface area contributed by atoms with Gasteiger partial charge in [0.15, 0.2) is 0 Å². The lowest BCUT2D eigenvalue weighted by Gasteiger charge is -2.20. The highest BCUT2D eigenvalue weighted by Crippen LogP contribution is 2.11. The lowest BCUT2D eigenvalue weighted by Crippen LogP contribution is -2.43. The summed E-state index contributed by atoms with van der Waals surface area (Å²) in [5.41, 5.74) is 7.60. The molecule has 0 saturated heterocycles. The molecule has 3 nitrogen and oxygen atoms in total. The van der Waals surface area contributed by atoms with Gasteiger partial charge in [0.2, 0.25) is 0 Å². The highest BCUT2D eigenvalue weighted by atomic mass is 28.3. The fourth-order valence-corrected chi connectivity index (χ4v) is 3.41. The van der Waals surface area contributed by atoms with Crippen molar-refractivity contribution >= 4 is 9.28 Å². The normalized spacial score (nSPS) is 14.7. The van der Waals surface area contributed by atoms with E-state index in [1.165, 1.54) is 5.57 Å². The smallest absolute Gasteiger partial charge is 0.339 e. The molecule has 0 aromatic carbocycles. The van der Waals surface area contributed by atoms with E-state index in [2.05, 4.69) is 26.8 Å². The third-order valence-corrected chi connectivity index (χ3v) is 4.78. The average molecular weight is 259 g/mol. The molecule has 2 N–H and O–H groups in total. The summed E-state index contributed by atoms with van der Waals surface area (Å²) in [4.78, 5) is 0. The van der Waals surface area contributed by atoms with E-state index in [1.807, 2.05) is 13.8 Å². The van der Waals surface area contributed by atoms with Crippen LogP contribution in [0.2, 0.25) is 0 Å². The van der Waals surface area contributed by atoms with Crippen LogP contribution in [0.25, 0.3) is 0 Å². The SMILES string of the molecule is CCO[SiH](OCC)C(N)CC=C(C)CC(C)C. The van der Waals surface area contributed by atoms with Gasteiger partial charge in [-0.1, -0.05) is 25.5 Å². The second-order valence-electron chi connectivity index (χ2n) is 4.83. The van der Waals surface area contributed by atoms with Gasteiger partial charge in [-0.25, -0.2) is 0 Å². The molecule has 0 aromatic heterocycles. The van der Waals surface area contributed by atoms with E-state index >= 15 is 0 Å². The van der Waals surface area contributed by atoms with E-state index in [-0.39, 0.29) is 5.67 Å². The summed E-state index contributed by atoms with van der Waals surface area (Å²) in [5.74, 6) is 0.703. The molecule has 0 rings (SSSR count). The average Bonchev–Trinajstić information content (AvgIpc) is 2.24. The monoisotopic (exact) mass is 259 g/mol. The summed E-state index contributed by atoms with van der Waals surface area (Å²) in [6, 6.07) is 0. The second-order valence-corrected chi connectivity index (χ2v) is 7.09. The van der Waals surface area contributed by atoms with Gasteiger partial charge in [0.05, 0.1) is 0 Å². The minimum absolute atomic E-state index is 0.0528. The first kappa shape index (κ1) is 16.8. The predicted molar refractivity (Wildman–Crippen MR) is 76.2 cm³/mol. The van der Waals surface area contributed by atoms with Gasteiger partial charge >= 0.3 is 9.28 Å².